The highest BCUT2D eigenvalue weighted by atomic mass is 19.4. The number of benzene rings is 2. The third-order valence-corrected chi connectivity index (χ3v) is 3.37. The van der Waals surface area contributed by atoms with Crippen molar-refractivity contribution in [2.24, 2.45) is 0 Å². The molecule has 0 fully saturated rings. The van der Waals surface area contributed by atoms with Crippen molar-refractivity contribution in [3.05, 3.63) is 53.6 Å². The monoisotopic (exact) mass is 338 g/mol. The lowest BCUT2D eigenvalue weighted by molar-refractivity contribution is -0.137. The number of carbonyl (C=O) groups is 1. The summed E-state index contributed by atoms with van der Waals surface area (Å²) in [5, 5.41) is 5.51. The van der Waals surface area contributed by atoms with Crippen molar-refractivity contribution in [2.75, 3.05) is 24.3 Å². The van der Waals surface area contributed by atoms with Crippen LogP contribution in [-0.2, 0) is 11.0 Å². The van der Waals surface area contributed by atoms with E-state index in [0.717, 1.165) is 23.4 Å². The number of aryl methyl sites for hydroxylation is 1. The normalized spacial score (nSPS) is 11.0. The molecule has 0 unspecified atom stereocenters. The Kier molecular flexibility index (Phi) is 5.33. The Balaban J connectivity index is 1.92. The summed E-state index contributed by atoms with van der Waals surface area (Å²) in [6, 6.07) is 9.69. The van der Waals surface area contributed by atoms with Gasteiger partial charge in [-0.25, -0.2) is 0 Å². The fraction of sp³-hybridized carbons (Fsp3) is 0.235. The van der Waals surface area contributed by atoms with Crippen LogP contribution < -0.4 is 15.4 Å². The molecule has 0 atom stereocenters. The molecule has 4 nitrogen and oxygen atoms in total. The van der Waals surface area contributed by atoms with Crippen molar-refractivity contribution in [1.29, 1.82) is 0 Å². The van der Waals surface area contributed by atoms with Crippen LogP contribution in [0.25, 0.3) is 0 Å². The minimum absolute atomic E-state index is 0.00576. The molecule has 0 heterocycles. The number of nitrogens with one attached hydrogen (secondary N) is 2. The highest BCUT2D eigenvalue weighted by molar-refractivity contribution is 5.93. The van der Waals surface area contributed by atoms with Crippen LogP contribution in [0.2, 0.25) is 0 Å². The minimum atomic E-state index is -4.39. The Morgan fingerprint density at radius 1 is 1.12 bits per heavy atom. The second-order valence-corrected chi connectivity index (χ2v) is 5.16. The average Bonchev–Trinajstić information content (AvgIpc) is 2.53. The maximum Gasteiger partial charge on any atom is 0.416 e. The van der Waals surface area contributed by atoms with E-state index >= 15 is 0 Å². The van der Waals surface area contributed by atoms with Gasteiger partial charge in [-0.15, -0.1) is 0 Å². The Hall–Kier alpha value is -2.70. The quantitative estimate of drug-likeness (QED) is 0.864. The number of halogens is 3. The molecule has 2 rings (SSSR count). The molecule has 0 aromatic heterocycles. The molecule has 0 bridgehead atoms. The SMILES string of the molecule is COc1ccc(NCC(=O)Nc2ccc(C(F)(F)F)cc2)c(C)c1. The van der Waals surface area contributed by atoms with Crippen LogP contribution in [0.1, 0.15) is 11.1 Å². The van der Waals surface area contributed by atoms with Gasteiger partial charge in [0.15, 0.2) is 0 Å². The van der Waals surface area contributed by atoms with E-state index in [4.69, 9.17) is 4.74 Å². The zero-order chi connectivity index (χ0) is 17.7. The highest BCUT2D eigenvalue weighted by Crippen LogP contribution is 2.29. The molecule has 7 heteroatoms. The molecule has 0 aliphatic carbocycles. The largest absolute Gasteiger partial charge is 0.497 e. The molecule has 0 radical (unpaired) electrons. The molecule has 0 spiro atoms. The van der Waals surface area contributed by atoms with Crippen LogP contribution in [0.3, 0.4) is 0 Å². The molecule has 0 saturated carbocycles. The summed E-state index contributed by atoms with van der Waals surface area (Å²) >= 11 is 0. The Morgan fingerprint density at radius 3 is 2.33 bits per heavy atom. The zero-order valence-corrected chi connectivity index (χ0v) is 13.2. The van der Waals surface area contributed by atoms with Gasteiger partial charge in [0.25, 0.3) is 0 Å². The van der Waals surface area contributed by atoms with Gasteiger partial charge < -0.3 is 15.4 Å². The summed E-state index contributed by atoms with van der Waals surface area (Å²) in [7, 11) is 1.57. The molecule has 2 aromatic carbocycles. The predicted molar refractivity (Wildman–Crippen MR) is 86.3 cm³/mol. The lowest BCUT2D eigenvalue weighted by Crippen LogP contribution is -2.22. The van der Waals surface area contributed by atoms with Gasteiger partial charge in [-0.1, -0.05) is 0 Å². The van der Waals surface area contributed by atoms with Crippen LogP contribution >= 0.6 is 0 Å². The standard InChI is InChI=1S/C17H17F3N2O2/c1-11-9-14(24-2)7-8-15(11)21-10-16(23)22-13-5-3-12(4-6-13)17(18,19)20/h3-9,21H,10H2,1-2H3,(H,22,23). The molecule has 2 N–H and O–H groups in total. The topological polar surface area (TPSA) is 50.4 Å². The summed E-state index contributed by atoms with van der Waals surface area (Å²) < 4.78 is 42.5. The smallest absolute Gasteiger partial charge is 0.416 e. The van der Waals surface area contributed by atoms with Crippen LogP contribution in [0.15, 0.2) is 42.5 Å². The Labute approximate surface area is 137 Å². The van der Waals surface area contributed by atoms with E-state index in [2.05, 4.69) is 10.6 Å². The third kappa shape index (κ3) is 4.65. The Bertz CT molecular complexity index is 713. The first kappa shape index (κ1) is 17.7. The van der Waals surface area contributed by atoms with Gasteiger partial charge in [0.2, 0.25) is 5.91 Å². The number of rotatable bonds is 5. The van der Waals surface area contributed by atoms with Crippen molar-refractivity contribution >= 4 is 17.3 Å². The Morgan fingerprint density at radius 2 is 1.79 bits per heavy atom. The summed E-state index contributed by atoms with van der Waals surface area (Å²) in [6.45, 7) is 1.87. The third-order valence-electron chi connectivity index (χ3n) is 3.37. The fourth-order valence-corrected chi connectivity index (χ4v) is 2.08. The van der Waals surface area contributed by atoms with Crippen molar-refractivity contribution in [3.8, 4) is 5.75 Å². The molecule has 2 aromatic rings. The lowest BCUT2D eigenvalue weighted by atomic mass is 10.2. The van der Waals surface area contributed by atoms with E-state index in [1.54, 1.807) is 19.2 Å². The van der Waals surface area contributed by atoms with E-state index in [-0.39, 0.29) is 12.5 Å². The number of hydrogen-bond donors (Lipinski definition) is 2. The van der Waals surface area contributed by atoms with Gasteiger partial charge >= 0.3 is 6.18 Å². The summed E-state index contributed by atoms with van der Waals surface area (Å²) in [5.74, 6) is 0.359. The second-order valence-electron chi connectivity index (χ2n) is 5.16. The minimum Gasteiger partial charge on any atom is -0.497 e. The van der Waals surface area contributed by atoms with Crippen molar-refractivity contribution < 1.29 is 22.7 Å². The molecule has 128 valence electrons. The number of anilines is 2. The van der Waals surface area contributed by atoms with Crippen LogP contribution in [0, 0.1) is 6.92 Å². The van der Waals surface area contributed by atoms with Crippen LogP contribution in [0.4, 0.5) is 24.5 Å². The number of hydrogen-bond acceptors (Lipinski definition) is 3. The number of methoxy groups -OCH3 is 1. The van der Waals surface area contributed by atoms with Gasteiger partial charge in [0.05, 0.1) is 19.2 Å². The molecule has 0 aliphatic heterocycles. The van der Waals surface area contributed by atoms with Crippen LogP contribution in [0.5, 0.6) is 5.75 Å². The maximum atomic E-state index is 12.5. The van der Waals surface area contributed by atoms with Gasteiger partial charge in [-0.2, -0.15) is 13.2 Å². The van der Waals surface area contributed by atoms with E-state index < -0.39 is 11.7 Å². The molecule has 0 aliphatic rings. The number of amides is 1. The van der Waals surface area contributed by atoms with Crippen molar-refractivity contribution in [1.82, 2.24) is 0 Å². The first-order valence-corrected chi connectivity index (χ1v) is 7.15. The number of carbonyl (C=O) groups excluding carboxylic acids is 1. The first-order valence-electron chi connectivity index (χ1n) is 7.15. The van der Waals surface area contributed by atoms with E-state index in [9.17, 15) is 18.0 Å². The summed E-state index contributed by atoms with van der Waals surface area (Å²) in [6.07, 6.45) is -4.39. The first-order chi connectivity index (χ1) is 11.3. The molecule has 0 saturated heterocycles. The molecule has 1 amide bonds. The zero-order valence-electron chi connectivity index (χ0n) is 13.2. The molecular formula is C17H17F3N2O2. The van der Waals surface area contributed by atoms with E-state index in [0.29, 0.717) is 11.4 Å². The molecule has 24 heavy (non-hydrogen) atoms. The van der Waals surface area contributed by atoms with Crippen LogP contribution in [-0.4, -0.2) is 19.6 Å². The second kappa shape index (κ2) is 7.25. The van der Waals surface area contributed by atoms with Gasteiger partial charge in [-0.3, -0.25) is 4.79 Å². The predicted octanol–water partition coefficient (Wildman–Crippen LogP) is 4.07. The van der Waals surface area contributed by atoms with Gasteiger partial charge in [-0.05, 0) is 55.0 Å². The maximum absolute atomic E-state index is 12.5. The van der Waals surface area contributed by atoms with Crippen molar-refractivity contribution in [3.63, 3.8) is 0 Å². The highest BCUT2D eigenvalue weighted by Gasteiger charge is 2.29. The summed E-state index contributed by atoms with van der Waals surface area (Å²) in [4.78, 5) is 11.9. The number of alkyl halides is 3. The average molecular weight is 338 g/mol. The molecular weight excluding hydrogens is 321 g/mol. The van der Waals surface area contributed by atoms with E-state index in [1.165, 1.54) is 12.1 Å². The lowest BCUT2D eigenvalue weighted by Gasteiger charge is -2.12. The van der Waals surface area contributed by atoms with Gasteiger partial charge in [0, 0.05) is 11.4 Å². The van der Waals surface area contributed by atoms with Gasteiger partial charge in [0.1, 0.15) is 5.75 Å². The van der Waals surface area contributed by atoms with E-state index in [1.807, 2.05) is 13.0 Å². The van der Waals surface area contributed by atoms with Crippen molar-refractivity contribution in [2.45, 2.75) is 13.1 Å². The summed E-state index contributed by atoms with van der Waals surface area (Å²) in [5.41, 5.74) is 1.24. The number of ether oxygens (including phenoxy) is 1. The fourth-order valence-electron chi connectivity index (χ4n) is 2.08.